The molecule has 0 aliphatic rings. The number of hydrogen-bond donors (Lipinski definition) is 1. The molecule has 0 unspecified atom stereocenters. The van der Waals surface area contributed by atoms with Crippen LogP contribution in [0.5, 0.6) is 0 Å². The van der Waals surface area contributed by atoms with Crippen LogP contribution in [0.2, 0.25) is 10.0 Å². The smallest absolute Gasteiger partial charge is 0.0641 e. The highest BCUT2D eigenvalue weighted by Crippen LogP contribution is 2.29. The molecule has 0 radical (unpaired) electrons. The minimum atomic E-state index is 0.460. The second-order valence-electron chi connectivity index (χ2n) is 3.74. The van der Waals surface area contributed by atoms with Crippen LogP contribution in [0.4, 0.5) is 5.69 Å². The van der Waals surface area contributed by atoms with Gasteiger partial charge >= 0.3 is 0 Å². The Balaban J connectivity index is 2.89. The molecule has 1 N–H and O–H groups in total. The summed E-state index contributed by atoms with van der Waals surface area (Å²) in [6.45, 7) is 6.27. The van der Waals surface area contributed by atoms with Gasteiger partial charge in [-0.05, 0) is 37.5 Å². The van der Waals surface area contributed by atoms with Crippen LogP contribution in [0, 0.1) is 6.92 Å². The zero-order valence-corrected chi connectivity index (χ0v) is 10.9. The van der Waals surface area contributed by atoms with Crippen molar-refractivity contribution >= 4 is 28.9 Å². The molecule has 0 bridgehead atoms. The number of nitrogens with one attached hydrogen (secondary N) is 1. The van der Waals surface area contributed by atoms with Crippen molar-refractivity contribution in [1.82, 2.24) is 0 Å². The van der Waals surface area contributed by atoms with Crippen LogP contribution < -0.4 is 5.32 Å². The summed E-state index contributed by atoms with van der Waals surface area (Å²) in [5.41, 5.74) is 1.94. The summed E-state index contributed by atoms with van der Waals surface area (Å²) in [6, 6.07) is 4.26. The highest BCUT2D eigenvalue weighted by atomic mass is 35.5. The van der Waals surface area contributed by atoms with E-state index < -0.39 is 0 Å². The van der Waals surface area contributed by atoms with Crippen molar-refractivity contribution in [2.24, 2.45) is 0 Å². The van der Waals surface area contributed by atoms with Gasteiger partial charge in [0.25, 0.3) is 0 Å². The normalized spacial score (nSPS) is 10.8. The van der Waals surface area contributed by atoms with E-state index in [2.05, 4.69) is 19.2 Å². The lowest BCUT2D eigenvalue weighted by Crippen LogP contribution is -2.17. The molecule has 1 nitrogen and oxygen atoms in total. The Morgan fingerprint density at radius 1 is 1.13 bits per heavy atom. The van der Waals surface area contributed by atoms with Gasteiger partial charge in [0.05, 0.1) is 10.7 Å². The summed E-state index contributed by atoms with van der Waals surface area (Å²) >= 11 is 12.2. The molecule has 0 atom stereocenters. The maximum absolute atomic E-state index is 6.14. The Labute approximate surface area is 102 Å². The Morgan fingerprint density at radius 2 is 1.73 bits per heavy atom. The van der Waals surface area contributed by atoms with Gasteiger partial charge in [0, 0.05) is 11.1 Å². The largest absolute Gasteiger partial charge is 0.381 e. The molecule has 0 spiro atoms. The Bertz CT molecular complexity index is 333. The first-order valence-electron chi connectivity index (χ1n) is 5.30. The van der Waals surface area contributed by atoms with Crippen LogP contribution in [0.3, 0.4) is 0 Å². The van der Waals surface area contributed by atoms with Gasteiger partial charge in [0.15, 0.2) is 0 Å². The molecule has 0 aliphatic carbocycles. The molecular weight excluding hydrogens is 229 g/mol. The molecule has 0 amide bonds. The van der Waals surface area contributed by atoms with Crippen LogP contribution >= 0.6 is 23.2 Å². The second kappa shape index (κ2) is 5.62. The number of rotatable bonds is 4. The Hall–Kier alpha value is -0.400. The monoisotopic (exact) mass is 245 g/mol. The highest BCUT2D eigenvalue weighted by molar-refractivity contribution is 6.35. The van der Waals surface area contributed by atoms with Crippen molar-refractivity contribution in [3.8, 4) is 0 Å². The Kier molecular flexibility index (Phi) is 4.75. The van der Waals surface area contributed by atoms with Crippen LogP contribution in [-0.4, -0.2) is 6.04 Å². The van der Waals surface area contributed by atoms with Crippen LogP contribution in [0.1, 0.15) is 32.3 Å². The van der Waals surface area contributed by atoms with Gasteiger partial charge in [-0.3, -0.25) is 0 Å². The number of anilines is 1. The predicted octanol–water partition coefficient (Wildman–Crippen LogP) is 4.90. The number of aryl methyl sites for hydroxylation is 1. The van der Waals surface area contributed by atoms with Crippen molar-refractivity contribution < 1.29 is 0 Å². The topological polar surface area (TPSA) is 12.0 Å². The quantitative estimate of drug-likeness (QED) is 0.796. The van der Waals surface area contributed by atoms with Gasteiger partial charge in [-0.2, -0.15) is 0 Å². The van der Waals surface area contributed by atoms with Gasteiger partial charge < -0.3 is 5.32 Å². The Morgan fingerprint density at radius 3 is 2.27 bits per heavy atom. The van der Waals surface area contributed by atoms with Crippen LogP contribution in [-0.2, 0) is 0 Å². The molecule has 0 aromatic heterocycles. The van der Waals surface area contributed by atoms with E-state index in [1.165, 1.54) is 0 Å². The lowest BCUT2D eigenvalue weighted by Gasteiger charge is -2.18. The molecule has 84 valence electrons. The zero-order valence-electron chi connectivity index (χ0n) is 9.40. The van der Waals surface area contributed by atoms with Crippen LogP contribution in [0.25, 0.3) is 0 Å². The van der Waals surface area contributed by atoms with Crippen LogP contribution in [0.15, 0.2) is 12.1 Å². The summed E-state index contributed by atoms with van der Waals surface area (Å²) in [5, 5.41) is 4.90. The summed E-state index contributed by atoms with van der Waals surface area (Å²) in [5.74, 6) is 0. The molecule has 0 aliphatic heterocycles. The molecule has 15 heavy (non-hydrogen) atoms. The summed E-state index contributed by atoms with van der Waals surface area (Å²) in [4.78, 5) is 0. The van der Waals surface area contributed by atoms with Crippen molar-refractivity contribution in [3.05, 3.63) is 27.7 Å². The fourth-order valence-electron chi connectivity index (χ4n) is 1.47. The highest BCUT2D eigenvalue weighted by Gasteiger charge is 2.08. The van der Waals surface area contributed by atoms with E-state index >= 15 is 0 Å². The van der Waals surface area contributed by atoms with Gasteiger partial charge in [0.2, 0.25) is 0 Å². The lowest BCUT2D eigenvalue weighted by molar-refractivity contribution is 0.672. The molecule has 0 saturated carbocycles. The minimum Gasteiger partial charge on any atom is -0.381 e. The molecule has 0 heterocycles. The fourth-order valence-corrected chi connectivity index (χ4v) is 1.91. The van der Waals surface area contributed by atoms with Crippen molar-refractivity contribution in [2.75, 3.05) is 5.32 Å². The molecular formula is C12H17Cl2N. The third kappa shape index (κ3) is 3.29. The van der Waals surface area contributed by atoms with Crippen molar-refractivity contribution in [2.45, 2.75) is 39.7 Å². The average molecular weight is 246 g/mol. The second-order valence-corrected chi connectivity index (χ2v) is 4.55. The van der Waals surface area contributed by atoms with E-state index in [1.807, 2.05) is 19.1 Å². The summed E-state index contributed by atoms with van der Waals surface area (Å²) in [6.07, 6.45) is 2.16. The first kappa shape index (κ1) is 12.7. The minimum absolute atomic E-state index is 0.460. The molecule has 1 rings (SSSR count). The van der Waals surface area contributed by atoms with Gasteiger partial charge in [0.1, 0.15) is 0 Å². The summed E-state index contributed by atoms with van der Waals surface area (Å²) in [7, 11) is 0. The van der Waals surface area contributed by atoms with Crippen molar-refractivity contribution in [3.63, 3.8) is 0 Å². The van der Waals surface area contributed by atoms with E-state index in [4.69, 9.17) is 23.2 Å². The van der Waals surface area contributed by atoms with E-state index in [1.54, 1.807) is 0 Å². The van der Waals surface area contributed by atoms with E-state index in [9.17, 15) is 0 Å². The third-order valence-corrected chi connectivity index (χ3v) is 3.31. The molecule has 3 heteroatoms. The lowest BCUT2D eigenvalue weighted by atomic mass is 10.1. The zero-order chi connectivity index (χ0) is 11.4. The predicted molar refractivity (Wildman–Crippen MR) is 69.2 cm³/mol. The standard InChI is InChI=1S/C12H17Cl2N/c1-4-9(5-2)15-12-7-10(13)8(3)6-11(12)14/h6-7,9,15H,4-5H2,1-3H3. The maximum atomic E-state index is 6.14. The average Bonchev–Trinajstić information content (AvgIpc) is 2.21. The number of halogens is 2. The van der Waals surface area contributed by atoms with E-state index in [-0.39, 0.29) is 0 Å². The molecule has 0 fully saturated rings. The van der Waals surface area contributed by atoms with Gasteiger partial charge in [-0.15, -0.1) is 0 Å². The maximum Gasteiger partial charge on any atom is 0.0641 e. The third-order valence-electron chi connectivity index (χ3n) is 2.59. The first-order chi connectivity index (χ1) is 7.08. The van der Waals surface area contributed by atoms with E-state index in [0.29, 0.717) is 6.04 Å². The van der Waals surface area contributed by atoms with Gasteiger partial charge in [-0.1, -0.05) is 37.0 Å². The fraction of sp³-hybridized carbons (Fsp3) is 0.500. The summed E-state index contributed by atoms with van der Waals surface area (Å²) < 4.78 is 0. The van der Waals surface area contributed by atoms with E-state index in [0.717, 1.165) is 34.1 Å². The SMILES string of the molecule is CCC(CC)Nc1cc(Cl)c(C)cc1Cl. The molecule has 1 aromatic rings. The van der Waals surface area contributed by atoms with Crippen molar-refractivity contribution in [1.29, 1.82) is 0 Å². The molecule has 0 saturated heterocycles. The van der Waals surface area contributed by atoms with Gasteiger partial charge in [-0.25, -0.2) is 0 Å². The molecule has 1 aromatic carbocycles. The number of hydrogen-bond acceptors (Lipinski definition) is 1. The first-order valence-corrected chi connectivity index (χ1v) is 6.06. The number of benzene rings is 1.